The van der Waals surface area contributed by atoms with Gasteiger partial charge in [0, 0.05) is 25.7 Å². The predicted octanol–water partition coefficient (Wildman–Crippen LogP) is 0.788. The van der Waals surface area contributed by atoms with Gasteiger partial charge in [-0.05, 0) is 30.8 Å². The molecule has 3 unspecified atom stereocenters. The van der Waals surface area contributed by atoms with Crippen LogP contribution in [-0.2, 0) is 4.74 Å². The van der Waals surface area contributed by atoms with Crippen LogP contribution in [0.15, 0.2) is 0 Å². The number of rotatable bonds is 3. The van der Waals surface area contributed by atoms with E-state index in [1.807, 2.05) is 0 Å². The first-order valence-electron chi connectivity index (χ1n) is 5.94. The van der Waals surface area contributed by atoms with E-state index in [1.54, 1.807) is 0 Å². The molecular weight excluding hydrogens is 208 g/mol. The Morgan fingerprint density at radius 2 is 2.47 bits per heavy atom. The van der Waals surface area contributed by atoms with Crippen molar-refractivity contribution in [2.75, 3.05) is 37.7 Å². The van der Waals surface area contributed by atoms with Gasteiger partial charge in [0.05, 0.1) is 12.7 Å². The summed E-state index contributed by atoms with van der Waals surface area (Å²) in [5, 5.41) is 0. The lowest BCUT2D eigenvalue weighted by Gasteiger charge is -2.39. The fraction of sp³-hybridized carbons (Fsp3) is 1.00. The zero-order valence-corrected chi connectivity index (χ0v) is 10.3. The summed E-state index contributed by atoms with van der Waals surface area (Å²) in [4.78, 5) is 2.55. The molecule has 0 saturated carbocycles. The smallest absolute Gasteiger partial charge is 0.0674 e. The Balaban J connectivity index is 1.92. The van der Waals surface area contributed by atoms with Crippen molar-refractivity contribution < 1.29 is 4.74 Å². The molecule has 88 valence electrons. The fourth-order valence-corrected chi connectivity index (χ4v) is 3.97. The van der Waals surface area contributed by atoms with Crippen LogP contribution >= 0.6 is 11.8 Å². The summed E-state index contributed by atoms with van der Waals surface area (Å²) in [6, 6.07) is 0.589. The van der Waals surface area contributed by atoms with Crippen molar-refractivity contribution in [2.45, 2.75) is 25.5 Å². The van der Waals surface area contributed by atoms with Gasteiger partial charge in [0.15, 0.2) is 0 Å². The average molecular weight is 230 g/mol. The summed E-state index contributed by atoms with van der Waals surface area (Å²) in [6.45, 7) is 5.95. The predicted molar refractivity (Wildman–Crippen MR) is 65.3 cm³/mol. The largest absolute Gasteiger partial charge is 0.376 e. The maximum atomic E-state index is 5.94. The molecular formula is C11H22N2OS. The zero-order valence-electron chi connectivity index (χ0n) is 9.52. The standard InChI is InChI=1S/C11H22N2OS/c1-9-7-13(3-4-14-9)11(6-12)10-2-5-15-8-10/h9-11H,2-8,12H2,1H3. The normalized spacial score (nSPS) is 35.6. The molecule has 2 rings (SSSR count). The minimum absolute atomic E-state index is 0.377. The molecule has 3 nitrogen and oxygen atoms in total. The zero-order chi connectivity index (χ0) is 10.7. The number of nitrogens with two attached hydrogens (primary N) is 1. The molecule has 2 N–H and O–H groups in total. The van der Waals surface area contributed by atoms with Gasteiger partial charge in [-0.2, -0.15) is 11.8 Å². The Morgan fingerprint density at radius 1 is 1.60 bits per heavy atom. The van der Waals surface area contributed by atoms with Gasteiger partial charge in [-0.3, -0.25) is 4.90 Å². The molecule has 2 saturated heterocycles. The Labute approximate surface area is 96.7 Å². The van der Waals surface area contributed by atoms with Gasteiger partial charge < -0.3 is 10.5 Å². The third-order valence-corrected chi connectivity index (χ3v) is 4.68. The molecule has 4 heteroatoms. The van der Waals surface area contributed by atoms with Gasteiger partial charge in [0.25, 0.3) is 0 Å². The SMILES string of the molecule is CC1CN(C(CN)C2CCSC2)CCO1. The first kappa shape index (κ1) is 11.7. The van der Waals surface area contributed by atoms with Crippen molar-refractivity contribution in [3.05, 3.63) is 0 Å². The fourth-order valence-electron chi connectivity index (χ4n) is 2.64. The van der Waals surface area contributed by atoms with Crippen LogP contribution < -0.4 is 5.73 Å². The van der Waals surface area contributed by atoms with E-state index < -0.39 is 0 Å². The summed E-state index contributed by atoms with van der Waals surface area (Å²) in [5.74, 6) is 3.43. The minimum atomic E-state index is 0.377. The second-order valence-corrected chi connectivity index (χ2v) is 5.75. The van der Waals surface area contributed by atoms with Gasteiger partial charge in [0.2, 0.25) is 0 Å². The lowest BCUT2D eigenvalue weighted by Crippen LogP contribution is -2.52. The Morgan fingerprint density at radius 3 is 3.07 bits per heavy atom. The maximum Gasteiger partial charge on any atom is 0.0674 e. The molecule has 2 aliphatic heterocycles. The second-order valence-electron chi connectivity index (χ2n) is 4.60. The number of nitrogens with zero attached hydrogens (tertiary/aromatic N) is 1. The van der Waals surface area contributed by atoms with Crippen LogP contribution in [0.25, 0.3) is 0 Å². The summed E-state index contributed by atoms with van der Waals surface area (Å²) >= 11 is 2.08. The maximum absolute atomic E-state index is 5.94. The van der Waals surface area contributed by atoms with Crippen LogP contribution in [0.3, 0.4) is 0 Å². The third kappa shape index (κ3) is 2.87. The molecule has 0 amide bonds. The van der Waals surface area contributed by atoms with Crippen molar-refractivity contribution >= 4 is 11.8 Å². The van der Waals surface area contributed by atoms with Crippen LogP contribution in [0.5, 0.6) is 0 Å². The Kier molecular flexibility index (Phi) is 4.31. The highest BCUT2D eigenvalue weighted by Crippen LogP contribution is 2.29. The molecule has 3 atom stereocenters. The van der Waals surface area contributed by atoms with Crippen LogP contribution in [0.1, 0.15) is 13.3 Å². The van der Waals surface area contributed by atoms with Gasteiger partial charge >= 0.3 is 0 Å². The van der Waals surface area contributed by atoms with Crippen molar-refractivity contribution in [1.29, 1.82) is 0 Å². The number of hydrogen-bond acceptors (Lipinski definition) is 4. The summed E-state index contributed by atoms with van der Waals surface area (Å²) in [6.07, 6.45) is 1.72. The second kappa shape index (κ2) is 5.53. The van der Waals surface area contributed by atoms with Crippen LogP contribution in [-0.4, -0.2) is 54.8 Å². The van der Waals surface area contributed by atoms with E-state index in [2.05, 4.69) is 23.6 Å². The average Bonchev–Trinajstić information content (AvgIpc) is 2.72. The molecule has 0 bridgehead atoms. The molecule has 0 spiro atoms. The number of morpholine rings is 1. The van der Waals surface area contributed by atoms with Crippen LogP contribution in [0, 0.1) is 5.92 Å². The highest BCUT2D eigenvalue weighted by Gasteiger charge is 2.31. The Hall–Kier alpha value is 0.230. The lowest BCUT2D eigenvalue weighted by atomic mass is 9.97. The molecule has 0 aromatic heterocycles. The topological polar surface area (TPSA) is 38.5 Å². The molecule has 2 aliphatic rings. The van der Waals surface area contributed by atoms with E-state index in [9.17, 15) is 0 Å². The first-order chi connectivity index (χ1) is 7.31. The molecule has 0 aliphatic carbocycles. The van der Waals surface area contributed by atoms with E-state index >= 15 is 0 Å². The van der Waals surface area contributed by atoms with E-state index in [4.69, 9.17) is 10.5 Å². The van der Waals surface area contributed by atoms with Crippen molar-refractivity contribution in [2.24, 2.45) is 11.7 Å². The van der Waals surface area contributed by atoms with E-state index in [-0.39, 0.29) is 0 Å². The molecule has 2 heterocycles. The minimum Gasteiger partial charge on any atom is -0.376 e. The third-order valence-electron chi connectivity index (χ3n) is 3.49. The summed E-state index contributed by atoms with van der Waals surface area (Å²) in [5.41, 5.74) is 5.94. The van der Waals surface area contributed by atoms with Gasteiger partial charge in [0.1, 0.15) is 0 Å². The number of thioether (sulfide) groups is 1. The molecule has 0 aromatic rings. The quantitative estimate of drug-likeness (QED) is 0.778. The van der Waals surface area contributed by atoms with Crippen molar-refractivity contribution in [3.63, 3.8) is 0 Å². The van der Waals surface area contributed by atoms with Crippen LogP contribution in [0.2, 0.25) is 0 Å². The van der Waals surface area contributed by atoms with E-state index in [0.717, 1.165) is 32.2 Å². The van der Waals surface area contributed by atoms with Crippen molar-refractivity contribution in [3.8, 4) is 0 Å². The molecule has 0 aromatic carbocycles. The Bertz CT molecular complexity index is 197. The highest BCUT2D eigenvalue weighted by atomic mass is 32.2. The monoisotopic (exact) mass is 230 g/mol. The van der Waals surface area contributed by atoms with E-state index in [1.165, 1.54) is 17.9 Å². The molecule has 0 radical (unpaired) electrons. The van der Waals surface area contributed by atoms with Gasteiger partial charge in [-0.25, -0.2) is 0 Å². The highest BCUT2D eigenvalue weighted by molar-refractivity contribution is 7.99. The van der Waals surface area contributed by atoms with Gasteiger partial charge in [-0.1, -0.05) is 0 Å². The molecule has 15 heavy (non-hydrogen) atoms. The number of ether oxygens (including phenoxy) is 1. The van der Waals surface area contributed by atoms with Gasteiger partial charge in [-0.15, -0.1) is 0 Å². The van der Waals surface area contributed by atoms with Crippen molar-refractivity contribution in [1.82, 2.24) is 4.90 Å². The first-order valence-corrected chi connectivity index (χ1v) is 7.10. The summed E-state index contributed by atoms with van der Waals surface area (Å²) in [7, 11) is 0. The lowest BCUT2D eigenvalue weighted by molar-refractivity contribution is -0.0400. The molecule has 2 fully saturated rings. The number of hydrogen-bond donors (Lipinski definition) is 1. The van der Waals surface area contributed by atoms with Crippen LogP contribution in [0.4, 0.5) is 0 Å². The van der Waals surface area contributed by atoms with E-state index in [0.29, 0.717) is 12.1 Å². The summed E-state index contributed by atoms with van der Waals surface area (Å²) < 4.78 is 5.58.